The van der Waals surface area contributed by atoms with Gasteiger partial charge in [-0.1, -0.05) is 31.4 Å². The fourth-order valence-electron chi connectivity index (χ4n) is 3.63. The van der Waals surface area contributed by atoms with E-state index in [4.69, 9.17) is 10.5 Å². The molecule has 5 heteroatoms. The Morgan fingerprint density at radius 1 is 1.19 bits per heavy atom. The first kappa shape index (κ1) is 20.7. The Hall–Kier alpha value is -1.59. The lowest BCUT2D eigenvalue weighted by molar-refractivity contribution is -0.124. The average molecular weight is 362 g/mol. The molecule has 5 nitrogen and oxygen atoms in total. The van der Waals surface area contributed by atoms with E-state index in [0.29, 0.717) is 19.5 Å². The van der Waals surface area contributed by atoms with Crippen LogP contribution in [-0.4, -0.2) is 44.6 Å². The van der Waals surface area contributed by atoms with Crippen LogP contribution in [0.3, 0.4) is 0 Å². The van der Waals surface area contributed by atoms with Crippen molar-refractivity contribution in [2.75, 3.05) is 33.8 Å². The van der Waals surface area contributed by atoms with Gasteiger partial charge in [0.25, 0.3) is 0 Å². The molecule has 1 aliphatic rings. The Bertz CT molecular complexity index is 537. The zero-order valence-electron chi connectivity index (χ0n) is 16.4. The van der Waals surface area contributed by atoms with Gasteiger partial charge in [0, 0.05) is 19.5 Å². The molecule has 3 N–H and O–H groups in total. The van der Waals surface area contributed by atoms with Gasteiger partial charge < -0.3 is 20.7 Å². The number of nitrogens with one attached hydrogen (secondary N) is 1. The van der Waals surface area contributed by atoms with E-state index >= 15 is 0 Å². The summed E-state index contributed by atoms with van der Waals surface area (Å²) in [5.41, 5.74) is 7.09. The van der Waals surface area contributed by atoms with Crippen LogP contribution >= 0.6 is 0 Å². The SMILES string of the molecule is CN(C)CCCOc1ccc(CNC(=O)CC2(CN)CCCCC2)cc1. The highest BCUT2D eigenvalue weighted by Gasteiger charge is 2.32. The summed E-state index contributed by atoms with van der Waals surface area (Å²) < 4.78 is 5.74. The van der Waals surface area contributed by atoms with Gasteiger partial charge in [-0.05, 0) is 63.0 Å². The summed E-state index contributed by atoms with van der Waals surface area (Å²) in [4.78, 5) is 14.5. The number of hydrogen-bond acceptors (Lipinski definition) is 4. The van der Waals surface area contributed by atoms with E-state index < -0.39 is 0 Å². The van der Waals surface area contributed by atoms with E-state index in [2.05, 4.69) is 24.3 Å². The quantitative estimate of drug-likeness (QED) is 0.629. The lowest BCUT2D eigenvalue weighted by Crippen LogP contribution is -2.38. The fourth-order valence-corrected chi connectivity index (χ4v) is 3.63. The lowest BCUT2D eigenvalue weighted by Gasteiger charge is -2.35. The summed E-state index contributed by atoms with van der Waals surface area (Å²) in [5.74, 6) is 0.990. The monoisotopic (exact) mass is 361 g/mol. The molecule has 0 atom stereocenters. The van der Waals surface area contributed by atoms with Crippen LogP contribution in [-0.2, 0) is 11.3 Å². The minimum Gasteiger partial charge on any atom is -0.494 e. The predicted octanol–water partition coefficient (Wildman–Crippen LogP) is 2.93. The number of nitrogens with two attached hydrogens (primary N) is 1. The van der Waals surface area contributed by atoms with Crippen molar-refractivity contribution in [3.8, 4) is 5.75 Å². The minimum absolute atomic E-state index is 0.0204. The smallest absolute Gasteiger partial charge is 0.220 e. The molecular weight excluding hydrogens is 326 g/mol. The van der Waals surface area contributed by atoms with Crippen LogP contribution in [0.25, 0.3) is 0 Å². The van der Waals surface area contributed by atoms with E-state index in [1.165, 1.54) is 19.3 Å². The van der Waals surface area contributed by atoms with Crippen molar-refractivity contribution in [3.63, 3.8) is 0 Å². The van der Waals surface area contributed by atoms with Crippen molar-refractivity contribution in [1.29, 1.82) is 0 Å². The van der Waals surface area contributed by atoms with Gasteiger partial charge in [0.2, 0.25) is 5.91 Å². The number of rotatable bonds is 10. The molecule has 2 rings (SSSR count). The zero-order chi connectivity index (χ0) is 18.8. The number of nitrogens with zero attached hydrogens (tertiary/aromatic N) is 1. The maximum Gasteiger partial charge on any atom is 0.220 e. The molecule has 1 aromatic rings. The molecule has 1 aliphatic carbocycles. The van der Waals surface area contributed by atoms with Crippen molar-refractivity contribution in [2.45, 2.75) is 51.5 Å². The highest BCUT2D eigenvalue weighted by molar-refractivity contribution is 5.76. The first-order valence-electron chi connectivity index (χ1n) is 9.86. The van der Waals surface area contributed by atoms with Gasteiger partial charge in [0.1, 0.15) is 5.75 Å². The largest absolute Gasteiger partial charge is 0.494 e. The fraction of sp³-hybridized carbons (Fsp3) is 0.667. The van der Waals surface area contributed by atoms with Crippen molar-refractivity contribution >= 4 is 5.91 Å². The van der Waals surface area contributed by atoms with E-state index in [1.807, 2.05) is 24.3 Å². The Labute approximate surface area is 158 Å². The second kappa shape index (κ2) is 10.5. The Balaban J connectivity index is 1.72. The summed E-state index contributed by atoms with van der Waals surface area (Å²) in [7, 11) is 4.12. The maximum atomic E-state index is 12.3. The molecule has 1 fully saturated rings. The van der Waals surface area contributed by atoms with Gasteiger partial charge in [-0.25, -0.2) is 0 Å². The third-order valence-corrected chi connectivity index (χ3v) is 5.31. The van der Waals surface area contributed by atoms with Crippen LogP contribution in [0, 0.1) is 5.41 Å². The van der Waals surface area contributed by atoms with Crippen LogP contribution in [0.5, 0.6) is 5.75 Å². The molecule has 1 saturated carbocycles. The number of ether oxygens (including phenoxy) is 1. The number of carbonyl (C=O) groups is 1. The van der Waals surface area contributed by atoms with Crippen LogP contribution in [0.4, 0.5) is 0 Å². The Morgan fingerprint density at radius 3 is 2.50 bits per heavy atom. The third kappa shape index (κ3) is 6.96. The predicted molar refractivity (Wildman–Crippen MR) is 106 cm³/mol. The number of benzene rings is 1. The summed E-state index contributed by atoms with van der Waals surface area (Å²) in [5, 5.41) is 3.05. The van der Waals surface area contributed by atoms with Crippen molar-refractivity contribution in [3.05, 3.63) is 29.8 Å². The van der Waals surface area contributed by atoms with Crippen LogP contribution in [0.2, 0.25) is 0 Å². The number of carbonyl (C=O) groups excluding carboxylic acids is 1. The average Bonchev–Trinajstić information content (AvgIpc) is 2.65. The first-order chi connectivity index (χ1) is 12.5. The maximum absolute atomic E-state index is 12.3. The molecule has 146 valence electrons. The van der Waals surface area contributed by atoms with E-state index in [9.17, 15) is 4.79 Å². The molecule has 1 amide bonds. The van der Waals surface area contributed by atoms with Gasteiger partial charge in [-0.2, -0.15) is 0 Å². The highest BCUT2D eigenvalue weighted by atomic mass is 16.5. The van der Waals surface area contributed by atoms with E-state index in [0.717, 1.165) is 43.7 Å². The molecule has 0 heterocycles. The number of hydrogen-bond donors (Lipinski definition) is 2. The van der Waals surface area contributed by atoms with Gasteiger partial charge in [-0.15, -0.1) is 0 Å². The van der Waals surface area contributed by atoms with Crippen molar-refractivity contribution in [1.82, 2.24) is 10.2 Å². The summed E-state index contributed by atoms with van der Waals surface area (Å²) in [6.45, 7) is 2.91. The minimum atomic E-state index is 0.0204. The molecule has 0 aliphatic heterocycles. The zero-order valence-corrected chi connectivity index (χ0v) is 16.4. The standard InChI is InChI=1S/C21H35N3O2/c1-24(2)13-6-14-26-19-9-7-18(8-10-19)16-23-20(25)15-21(17-22)11-4-3-5-12-21/h7-10H,3-6,11-17,22H2,1-2H3,(H,23,25). The molecule has 26 heavy (non-hydrogen) atoms. The molecule has 0 saturated heterocycles. The first-order valence-corrected chi connectivity index (χ1v) is 9.86. The van der Waals surface area contributed by atoms with E-state index in [1.54, 1.807) is 0 Å². The molecule has 0 spiro atoms. The summed E-state index contributed by atoms with van der Waals surface area (Å²) in [6.07, 6.45) is 7.38. The topological polar surface area (TPSA) is 67.6 Å². The van der Waals surface area contributed by atoms with Gasteiger partial charge in [0.15, 0.2) is 0 Å². The Morgan fingerprint density at radius 2 is 1.88 bits per heavy atom. The number of amides is 1. The second-order valence-electron chi connectivity index (χ2n) is 7.87. The van der Waals surface area contributed by atoms with Gasteiger partial charge in [0.05, 0.1) is 6.61 Å². The third-order valence-electron chi connectivity index (χ3n) is 5.31. The highest BCUT2D eigenvalue weighted by Crippen LogP contribution is 2.38. The van der Waals surface area contributed by atoms with Crippen LogP contribution in [0.15, 0.2) is 24.3 Å². The normalized spacial score (nSPS) is 16.5. The molecular formula is C21H35N3O2. The molecule has 0 bridgehead atoms. The molecule has 0 aromatic heterocycles. The second-order valence-corrected chi connectivity index (χ2v) is 7.87. The van der Waals surface area contributed by atoms with Crippen molar-refractivity contribution < 1.29 is 9.53 Å². The lowest BCUT2D eigenvalue weighted by atomic mass is 9.71. The van der Waals surface area contributed by atoms with Gasteiger partial charge >= 0.3 is 0 Å². The van der Waals surface area contributed by atoms with E-state index in [-0.39, 0.29) is 11.3 Å². The summed E-state index contributed by atoms with van der Waals surface area (Å²) >= 11 is 0. The van der Waals surface area contributed by atoms with Crippen LogP contribution in [0.1, 0.15) is 50.5 Å². The molecule has 0 radical (unpaired) electrons. The molecule has 1 aromatic carbocycles. The molecule has 0 unspecified atom stereocenters. The van der Waals surface area contributed by atoms with Crippen LogP contribution < -0.4 is 15.8 Å². The Kier molecular flexibility index (Phi) is 8.39. The van der Waals surface area contributed by atoms with Crippen molar-refractivity contribution in [2.24, 2.45) is 11.1 Å². The summed E-state index contributed by atoms with van der Waals surface area (Å²) in [6, 6.07) is 7.97. The van der Waals surface area contributed by atoms with Gasteiger partial charge in [-0.3, -0.25) is 4.79 Å².